The topological polar surface area (TPSA) is 52.6 Å². The first-order valence-electron chi connectivity index (χ1n) is 9.71. The maximum absolute atomic E-state index is 13.3. The molecular formula is C22H28O4. The van der Waals surface area contributed by atoms with Crippen LogP contribution in [0.25, 0.3) is 0 Å². The van der Waals surface area contributed by atoms with Crippen LogP contribution in [0.3, 0.4) is 0 Å². The fourth-order valence-corrected chi connectivity index (χ4v) is 5.31. The predicted molar refractivity (Wildman–Crippen MR) is 97.9 cm³/mol. The number of benzene rings is 1. The first kappa shape index (κ1) is 17.7. The van der Waals surface area contributed by atoms with E-state index in [9.17, 15) is 9.59 Å². The summed E-state index contributed by atoms with van der Waals surface area (Å²) in [5.41, 5.74) is -0.304. The Kier molecular flexibility index (Phi) is 3.85. The van der Waals surface area contributed by atoms with Gasteiger partial charge < -0.3 is 9.47 Å². The number of fused-ring (bicyclic) bond motifs is 1. The molecule has 1 aromatic carbocycles. The fraction of sp³-hybridized carbons (Fsp3) is 0.636. The van der Waals surface area contributed by atoms with Gasteiger partial charge in [0.1, 0.15) is 5.60 Å². The number of aryl methyl sites for hydroxylation is 1. The second-order valence-electron chi connectivity index (χ2n) is 9.21. The predicted octanol–water partition coefficient (Wildman–Crippen LogP) is 4.09. The molecule has 0 amide bonds. The highest BCUT2D eigenvalue weighted by Gasteiger charge is 2.73. The Hall–Kier alpha value is -1.68. The number of rotatable bonds is 2. The number of carbonyl (C=O) groups excluding carboxylic acids is 2. The van der Waals surface area contributed by atoms with E-state index in [1.807, 2.05) is 39.8 Å². The Morgan fingerprint density at radius 2 is 1.88 bits per heavy atom. The molecule has 0 N–H and O–H groups in total. The van der Waals surface area contributed by atoms with Gasteiger partial charge in [-0.1, -0.05) is 36.2 Å². The normalized spacial score (nSPS) is 36.1. The standard InChI is InChI=1S/C22H28O4/c1-14-7-9-15(10-8-14)18-16-6-5-12-21(16)13-11-17(23)22(18,26-21)19(24)25-20(2,3)4/h7-10,16,18H,5-6,11-13H2,1-4H3/t16-,18-,21+,22-/m0/s1. The van der Waals surface area contributed by atoms with Gasteiger partial charge in [0.25, 0.3) is 0 Å². The molecular weight excluding hydrogens is 328 g/mol. The zero-order chi connectivity index (χ0) is 18.7. The van der Waals surface area contributed by atoms with Crippen LogP contribution in [0.4, 0.5) is 0 Å². The zero-order valence-electron chi connectivity index (χ0n) is 16.1. The van der Waals surface area contributed by atoms with Crippen LogP contribution in [0.1, 0.15) is 69.9 Å². The number of esters is 1. The molecule has 4 atom stereocenters. The molecule has 3 fully saturated rings. The number of hydrogen-bond acceptors (Lipinski definition) is 4. The first-order valence-corrected chi connectivity index (χ1v) is 9.71. The van der Waals surface area contributed by atoms with E-state index in [0.717, 1.165) is 36.8 Å². The highest BCUT2D eigenvalue weighted by molar-refractivity contribution is 6.10. The highest BCUT2D eigenvalue weighted by Crippen LogP contribution is 2.64. The van der Waals surface area contributed by atoms with Crippen LogP contribution < -0.4 is 0 Å². The first-order chi connectivity index (χ1) is 12.2. The molecule has 0 radical (unpaired) electrons. The lowest BCUT2D eigenvalue weighted by molar-refractivity contribution is -0.201. The minimum Gasteiger partial charge on any atom is -0.457 e. The Bertz CT molecular complexity index is 744. The van der Waals surface area contributed by atoms with Gasteiger partial charge in [0.05, 0.1) is 5.60 Å². The van der Waals surface area contributed by atoms with Gasteiger partial charge in [-0.25, -0.2) is 4.79 Å². The number of ketones is 1. The number of ether oxygens (including phenoxy) is 2. The lowest BCUT2D eigenvalue weighted by atomic mass is 9.73. The molecule has 140 valence electrons. The molecule has 4 nitrogen and oxygen atoms in total. The van der Waals surface area contributed by atoms with Crippen molar-refractivity contribution in [2.24, 2.45) is 5.92 Å². The largest absolute Gasteiger partial charge is 0.457 e. The summed E-state index contributed by atoms with van der Waals surface area (Å²) < 4.78 is 12.2. The number of hydrogen-bond donors (Lipinski definition) is 0. The van der Waals surface area contributed by atoms with Crippen LogP contribution in [0, 0.1) is 12.8 Å². The minimum atomic E-state index is -1.48. The van der Waals surface area contributed by atoms with Crippen LogP contribution in [0.2, 0.25) is 0 Å². The van der Waals surface area contributed by atoms with Crippen LogP contribution in [-0.4, -0.2) is 28.6 Å². The van der Waals surface area contributed by atoms with Crippen LogP contribution >= 0.6 is 0 Å². The van der Waals surface area contributed by atoms with E-state index in [1.54, 1.807) is 0 Å². The summed E-state index contributed by atoms with van der Waals surface area (Å²) in [7, 11) is 0. The molecule has 0 aromatic heterocycles. The Balaban J connectivity index is 1.85. The molecule has 3 aliphatic rings. The summed E-state index contributed by atoms with van der Waals surface area (Å²) >= 11 is 0. The Morgan fingerprint density at radius 3 is 2.54 bits per heavy atom. The van der Waals surface area contributed by atoms with Gasteiger partial charge in [-0.3, -0.25) is 4.79 Å². The second kappa shape index (κ2) is 5.66. The molecule has 1 saturated carbocycles. The highest BCUT2D eigenvalue weighted by atomic mass is 16.6. The second-order valence-corrected chi connectivity index (χ2v) is 9.21. The molecule has 26 heavy (non-hydrogen) atoms. The average Bonchev–Trinajstić information content (AvgIpc) is 3.03. The quantitative estimate of drug-likeness (QED) is 0.591. The molecule has 4 heteroatoms. The van der Waals surface area contributed by atoms with Gasteiger partial charge in [0.2, 0.25) is 5.60 Å². The third-order valence-corrected chi connectivity index (χ3v) is 6.32. The van der Waals surface area contributed by atoms with Crippen molar-refractivity contribution in [1.82, 2.24) is 0 Å². The summed E-state index contributed by atoms with van der Waals surface area (Å²) in [6.07, 6.45) is 4.14. The van der Waals surface area contributed by atoms with E-state index in [2.05, 4.69) is 12.1 Å². The van der Waals surface area contributed by atoms with E-state index >= 15 is 0 Å². The number of carbonyl (C=O) groups is 2. The SMILES string of the molecule is Cc1ccc([C@H]2[C@@H]3CCC[C@@]34CCC(=O)[C@]2(C(=O)OC(C)(C)C)O4)cc1. The molecule has 4 rings (SSSR count). The van der Waals surface area contributed by atoms with Gasteiger partial charge >= 0.3 is 5.97 Å². The van der Waals surface area contributed by atoms with Crippen LogP contribution in [0.5, 0.6) is 0 Å². The Labute approximate surface area is 155 Å². The summed E-state index contributed by atoms with van der Waals surface area (Å²) in [6, 6.07) is 8.20. The van der Waals surface area contributed by atoms with Crippen molar-refractivity contribution in [2.75, 3.05) is 0 Å². The molecule has 2 aliphatic heterocycles. The third kappa shape index (κ3) is 2.45. The minimum absolute atomic E-state index is 0.114. The summed E-state index contributed by atoms with van der Waals surface area (Å²) in [6.45, 7) is 7.54. The molecule has 1 aliphatic carbocycles. The van der Waals surface area contributed by atoms with E-state index in [0.29, 0.717) is 6.42 Å². The molecule has 1 spiro atoms. The monoisotopic (exact) mass is 356 g/mol. The van der Waals surface area contributed by atoms with Crippen molar-refractivity contribution < 1.29 is 19.1 Å². The van der Waals surface area contributed by atoms with Crippen molar-refractivity contribution in [3.05, 3.63) is 35.4 Å². The fourth-order valence-electron chi connectivity index (χ4n) is 5.31. The van der Waals surface area contributed by atoms with E-state index in [4.69, 9.17) is 9.47 Å². The molecule has 2 heterocycles. The van der Waals surface area contributed by atoms with Gasteiger partial charge in [-0.15, -0.1) is 0 Å². The van der Waals surface area contributed by atoms with Gasteiger partial charge in [-0.05, 0) is 58.4 Å². The van der Waals surface area contributed by atoms with Crippen molar-refractivity contribution in [3.63, 3.8) is 0 Å². The Morgan fingerprint density at radius 1 is 1.19 bits per heavy atom. The van der Waals surface area contributed by atoms with Gasteiger partial charge in [0, 0.05) is 12.3 Å². The van der Waals surface area contributed by atoms with Gasteiger partial charge in [0.15, 0.2) is 5.78 Å². The lowest BCUT2D eigenvalue weighted by Gasteiger charge is -2.39. The molecule has 2 bridgehead atoms. The maximum atomic E-state index is 13.3. The lowest BCUT2D eigenvalue weighted by Crippen LogP contribution is -2.56. The van der Waals surface area contributed by atoms with Crippen molar-refractivity contribution in [3.8, 4) is 0 Å². The molecule has 1 aromatic rings. The zero-order valence-corrected chi connectivity index (χ0v) is 16.1. The summed E-state index contributed by atoms with van der Waals surface area (Å²) in [5.74, 6) is -0.675. The van der Waals surface area contributed by atoms with Crippen molar-refractivity contribution >= 4 is 11.8 Å². The van der Waals surface area contributed by atoms with E-state index < -0.39 is 17.2 Å². The van der Waals surface area contributed by atoms with Crippen molar-refractivity contribution in [2.45, 2.75) is 82.5 Å². The third-order valence-electron chi connectivity index (χ3n) is 6.32. The maximum Gasteiger partial charge on any atom is 0.347 e. The molecule has 2 saturated heterocycles. The van der Waals surface area contributed by atoms with Crippen LogP contribution in [0.15, 0.2) is 24.3 Å². The van der Waals surface area contributed by atoms with E-state index in [-0.39, 0.29) is 23.2 Å². The molecule has 0 unspecified atom stereocenters. The summed E-state index contributed by atoms with van der Waals surface area (Å²) in [4.78, 5) is 26.5. The average molecular weight is 356 g/mol. The summed E-state index contributed by atoms with van der Waals surface area (Å²) in [5, 5.41) is 0. The van der Waals surface area contributed by atoms with Gasteiger partial charge in [-0.2, -0.15) is 0 Å². The van der Waals surface area contributed by atoms with Crippen LogP contribution in [-0.2, 0) is 19.1 Å². The van der Waals surface area contributed by atoms with E-state index in [1.165, 1.54) is 0 Å². The smallest absolute Gasteiger partial charge is 0.347 e. The number of Topliss-reactive ketones (excluding diaryl/α,β-unsaturated/α-hetero) is 1. The van der Waals surface area contributed by atoms with Crippen molar-refractivity contribution in [1.29, 1.82) is 0 Å².